The molecule has 10 nitrogen and oxygen atoms in total. The Labute approximate surface area is 255 Å². The van der Waals surface area contributed by atoms with Crippen LogP contribution in [0.2, 0.25) is 5.02 Å². The second-order valence-electron chi connectivity index (χ2n) is 10.9. The molecule has 0 saturated heterocycles. The zero-order chi connectivity index (χ0) is 30.9. The number of halogens is 2. The number of nitrogens with zero attached hydrogens (tertiary/aromatic N) is 2. The number of guanidine groups is 1. The van der Waals surface area contributed by atoms with E-state index in [9.17, 15) is 4.79 Å². The van der Waals surface area contributed by atoms with E-state index in [1.54, 1.807) is 24.4 Å². The topological polar surface area (TPSA) is 163 Å². The van der Waals surface area contributed by atoms with Crippen molar-refractivity contribution in [2.75, 3.05) is 19.6 Å². The minimum Gasteiger partial charge on any atom is -0.370 e. The van der Waals surface area contributed by atoms with Gasteiger partial charge in [0, 0.05) is 48.9 Å². The van der Waals surface area contributed by atoms with E-state index in [2.05, 4.69) is 32.8 Å². The number of fused-ring (bicyclic) bond motifs is 1. The molecule has 4 aromatic rings. The van der Waals surface area contributed by atoms with Crippen molar-refractivity contribution < 1.29 is 4.39 Å². The van der Waals surface area contributed by atoms with Crippen molar-refractivity contribution in [1.82, 2.24) is 30.5 Å². The smallest absolute Gasteiger partial charge is 0.354 e. The minimum atomic E-state index is -0.522. The number of benzene rings is 2. The fourth-order valence-electron chi connectivity index (χ4n) is 4.95. The van der Waals surface area contributed by atoms with Gasteiger partial charge in [0.15, 0.2) is 11.8 Å². The highest BCUT2D eigenvalue weighted by Crippen LogP contribution is 2.31. The van der Waals surface area contributed by atoms with Crippen LogP contribution in [0, 0.1) is 11.2 Å². The van der Waals surface area contributed by atoms with Gasteiger partial charge in [-0.3, -0.25) is 9.98 Å². The monoisotopic (exact) mass is 609 g/mol. The zero-order valence-electron chi connectivity index (χ0n) is 24.6. The number of hydrogen-bond acceptors (Lipinski definition) is 6. The van der Waals surface area contributed by atoms with E-state index in [1.165, 1.54) is 4.57 Å². The van der Waals surface area contributed by atoms with E-state index in [0.717, 1.165) is 49.9 Å². The van der Waals surface area contributed by atoms with Crippen LogP contribution in [0.3, 0.4) is 0 Å². The fraction of sp³-hybridized carbons (Fsp3) is 0.387. The van der Waals surface area contributed by atoms with Gasteiger partial charge in [0.2, 0.25) is 0 Å². The highest BCUT2D eigenvalue weighted by Gasteiger charge is 2.16. The van der Waals surface area contributed by atoms with Crippen molar-refractivity contribution in [3.05, 3.63) is 81.1 Å². The largest absolute Gasteiger partial charge is 0.370 e. The molecule has 4 rings (SSSR count). The Balaban J connectivity index is 1.50. The third kappa shape index (κ3) is 8.87. The molecule has 43 heavy (non-hydrogen) atoms. The van der Waals surface area contributed by atoms with E-state index in [4.69, 9.17) is 28.5 Å². The van der Waals surface area contributed by atoms with Gasteiger partial charge in [0.25, 0.3) is 0 Å². The summed E-state index contributed by atoms with van der Waals surface area (Å²) in [4.78, 5) is 20.3. The van der Waals surface area contributed by atoms with Gasteiger partial charge in [-0.2, -0.15) is 4.98 Å². The van der Waals surface area contributed by atoms with Crippen molar-refractivity contribution in [1.29, 1.82) is 5.41 Å². The van der Waals surface area contributed by atoms with Gasteiger partial charge in [-0.15, -0.1) is 0 Å². The van der Waals surface area contributed by atoms with Crippen molar-refractivity contribution in [2.24, 2.45) is 11.5 Å². The van der Waals surface area contributed by atoms with Crippen LogP contribution in [0.4, 0.5) is 4.39 Å². The molecule has 230 valence electrons. The quantitative estimate of drug-likeness (QED) is 0.0796. The summed E-state index contributed by atoms with van der Waals surface area (Å²) in [6.45, 7) is 6.93. The first kappa shape index (κ1) is 32.2. The normalized spacial score (nSPS) is 12.9. The highest BCUT2D eigenvalue weighted by molar-refractivity contribution is 6.31. The summed E-state index contributed by atoms with van der Waals surface area (Å²) in [5.41, 5.74) is 14.7. The first-order valence-corrected chi connectivity index (χ1v) is 15.0. The molecule has 12 heteroatoms. The lowest BCUT2D eigenvalue weighted by Crippen LogP contribution is -2.41. The second-order valence-corrected chi connectivity index (χ2v) is 11.3. The Hall–Kier alpha value is -3.77. The number of hydrogen-bond donors (Lipinski definition) is 7. The molecule has 2 aromatic heterocycles. The van der Waals surface area contributed by atoms with Crippen molar-refractivity contribution in [3.8, 4) is 16.9 Å². The molecule has 0 bridgehead atoms. The van der Waals surface area contributed by atoms with Gasteiger partial charge in [-0.05, 0) is 80.6 Å². The average Bonchev–Trinajstić information content (AvgIpc) is 3.38. The number of nitrogens with one attached hydrogen (secondary N) is 5. The molecule has 0 aliphatic heterocycles. The number of rotatable bonds is 15. The second kappa shape index (κ2) is 15.1. The summed E-state index contributed by atoms with van der Waals surface area (Å²) in [6.07, 6.45) is 4.98. The minimum absolute atomic E-state index is 0.0360. The van der Waals surface area contributed by atoms with Crippen molar-refractivity contribution in [2.45, 2.75) is 58.2 Å². The fourth-order valence-corrected chi connectivity index (χ4v) is 5.19. The van der Waals surface area contributed by atoms with E-state index in [0.29, 0.717) is 41.1 Å². The molecule has 0 radical (unpaired) electrons. The van der Waals surface area contributed by atoms with Crippen LogP contribution >= 0.6 is 11.6 Å². The average molecular weight is 610 g/mol. The lowest BCUT2D eigenvalue weighted by molar-refractivity contribution is 0.450. The first-order valence-electron chi connectivity index (χ1n) is 14.6. The highest BCUT2D eigenvalue weighted by atomic mass is 35.5. The van der Waals surface area contributed by atoms with Gasteiger partial charge in [0.05, 0.1) is 16.4 Å². The number of aromatic nitrogens is 3. The predicted octanol–water partition coefficient (Wildman–Crippen LogP) is 3.78. The van der Waals surface area contributed by atoms with Crippen LogP contribution in [0.1, 0.15) is 44.2 Å². The third-order valence-corrected chi connectivity index (χ3v) is 7.54. The molecule has 0 aliphatic rings. The summed E-state index contributed by atoms with van der Waals surface area (Å²) in [6, 6.07) is 13.2. The summed E-state index contributed by atoms with van der Waals surface area (Å²) >= 11 is 6.24. The molecule has 2 heterocycles. The van der Waals surface area contributed by atoms with Crippen LogP contribution < -0.4 is 33.1 Å². The van der Waals surface area contributed by atoms with E-state index in [-0.39, 0.29) is 23.1 Å². The molecular weight excluding hydrogens is 569 g/mol. The Bertz CT molecular complexity index is 1580. The van der Waals surface area contributed by atoms with Crippen LogP contribution in [0.15, 0.2) is 53.5 Å². The number of likely N-dealkylation sites (N-methyl/N-ethyl adjacent to an activating group) is 1. The van der Waals surface area contributed by atoms with Crippen molar-refractivity contribution in [3.63, 3.8) is 0 Å². The van der Waals surface area contributed by atoms with E-state index in [1.807, 2.05) is 31.2 Å². The number of aryl methyl sites for hydroxylation is 1. The standard InChI is InChI=1S/C31H41ClFN9O/c1-3-37-17-23(11-12-38-30(35)36)39-16-20-7-9-24(10-8-20)42-18-22-15-27(40-29(22)41-31(42)43)25-13-21(6-4-5-19(2)34)14-26(32)28(25)33/h7-10,13-15,18-19,23,37,39H,3-6,11-12,16-17,34H2,1-2H3,(H4,35,36,38)(H,40,41,43)/t19-,23+/m0/s1. The van der Waals surface area contributed by atoms with E-state index >= 15 is 4.39 Å². The molecular formula is C31H41ClFN9O. The Morgan fingerprint density at radius 2 is 1.95 bits per heavy atom. The van der Waals surface area contributed by atoms with Gasteiger partial charge < -0.3 is 32.4 Å². The summed E-state index contributed by atoms with van der Waals surface area (Å²) in [5, 5.41) is 17.8. The molecule has 0 saturated carbocycles. The molecule has 9 N–H and O–H groups in total. The molecule has 0 aliphatic carbocycles. The van der Waals surface area contributed by atoms with E-state index < -0.39 is 11.5 Å². The Kier molecular flexibility index (Phi) is 11.3. The lowest BCUT2D eigenvalue weighted by Gasteiger charge is -2.19. The number of H-pyrrole nitrogens is 1. The maximum absolute atomic E-state index is 15.1. The molecule has 2 atom stereocenters. The van der Waals surface area contributed by atoms with Crippen LogP contribution in [0.25, 0.3) is 28.0 Å². The maximum atomic E-state index is 15.1. The predicted molar refractivity (Wildman–Crippen MR) is 172 cm³/mol. The van der Waals surface area contributed by atoms with Gasteiger partial charge in [-0.25, -0.2) is 9.18 Å². The van der Waals surface area contributed by atoms with Gasteiger partial charge in [0.1, 0.15) is 5.65 Å². The third-order valence-electron chi connectivity index (χ3n) is 7.27. The molecule has 0 fully saturated rings. The summed E-state index contributed by atoms with van der Waals surface area (Å²) in [5.74, 6) is -0.558. The number of aromatic amines is 1. The van der Waals surface area contributed by atoms with Crippen LogP contribution in [-0.4, -0.2) is 52.2 Å². The summed E-state index contributed by atoms with van der Waals surface area (Å²) in [7, 11) is 0. The molecule has 0 spiro atoms. The molecule has 0 unspecified atom stereocenters. The van der Waals surface area contributed by atoms with Crippen LogP contribution in [0.5, 0.6) is 0 Å². The molecule has 2 aromatic carbocycles. The summed E-state index contributed by atoms with van der Waals surface area (Å²) < 4.78 is 16.6. The SMILES string of the molecule is CCNC[C@@H](CCNC(=N)N)NCc1ccc(-n2cc3cc(-c4cc(CCC[C@H](C)N)cc(Cl)c4F)[nH]c3nc2=O)cc1. The van der Waals surface area contributed by atoms with Crippen molar-refractivity contribution >= 4 is 28.6 Å². The first-order chi connectivity index (χ1) is 20.6. The zero-order valence-corrected chi connectivity index (χ0v) is 25.4. The van der Waals surface area contributed by atoms with Crippen LogP contribution in [-0.2, 0) is 13.0 Å². The lowest BCUT2D eigenvalue weighted by atomic mass is 10.0. The Morgan fingerprint density at radius 1 is 1.19 bits per heavy atom. The molecule has 0 amide bonds. The number of nitrogens with two attached hydrogens (primary N) is 2. The van der Waals surface area contributed by atoms with Gasteiger partial charge in [-0.1, -0.05) is 30.7 Å². The van der Waals surface area contributed by atoms with Gasteiger partial charge >= 0.3 is 5.69 Å². The maximum Gasteiger partial charge on any atom is 0.354 e. The Morgan fingerprint density at radius 3 is 2.65 bits per heavy atom.